The van der Waals surface area contributed by atoms with E-state index in [1.54, 1.807) is 44.7 Å². The zero-order valence-electron chi connectivity index (χ0n) is 15.0. The average Bonchev–Trinajstić information content (AvgIpc) is 2.61. The average molecular weight is 394 g/mol. The number of rotatable bonds is 8. The van der Waals surface area contributed by atoms with Crippen LogP contribution in [0.4, 0.5) is 0 Å². The zero-order valence-corrected chi connectivity index (χ0v) is 16.6. The topological polar surface area (TPSA) is 72.5 Å². The maximum atomic E-state index is 12.6. The highest BCUT2D eigenvalue weighted by molar-refractivity contribution is 7.99. The number of ether oxygens (including phenoxy) is 1. The van der Waals surface area contributed by atoms with E-state index < -0.39 is 22.0 Å². The van der Waals surface area contributed by atoms with Crippen molar-refractivity contribution in [3.8, 4) is 0 Å². The predicted octanol–water partition coefficient (Wildman–Crippen LogP) is 3.70. The summed E-state index contributed by atoms with van der Waals surface area (Å²) in [6, 6.07) is 15.5. The number of carbonyl (C=O) groups is 1. The van der Waals surface area contributed by atoms with Gasteiger partial charge < -0.3 is 4.74 Å². The summed E-state index contributed by atoms with van der Waals surface area (Å²) >= 11 is 1.55. The van der Waals surface area contributed by atoms with E-state index in [4.69, 9.17) is 4.74 Å². The van der Waals surface area contributed by atoms with Gasteiger partial charge in [0.15, 0.2) is 0 Å². The maximum absolute atomic E-state index is 12.6. The fourth-order valence-corrected chi connectivity index (χ4v) is 4.41. The standard InChI is InChI=1S/C19H23NO4S2/c1-4-24-19(21)18(14(2)3)20-26(22,23)17-12-10-16(11-13-17)25-15-8-6-5-7-9-15/h5-14,18,20H,4H2,1-3H3/t18-/m1/s1. The molecule has 0 aromatic heterocycles. The van der Waals surface area contributed by atoms with Gasteiger partial charge in [-0.1, -0.05) is 43.8 Å². The lowest BCUT2D eigenvalue weighted by atomic mass is 10.1. The second kappa shape index (κ2) is 9.21. The van der Waals surface area contributed by atoms with Crippen LogP contribution in [-0.4, -0.2) is 27.0 Å². The van der Waals surface area contributed by atoms with Crippen molar-refractivity contribution in [3.63, 3.8) is 0 Å². The molecule has 0 bridgehead atoms. The summed E-state index contributed by atoms with van der Waals surface area (Å²) in [5.74, 6) is -0.793. The van der Waals surface area contributed by atoms with Gasteiger partial charge in [0.05, 0.1) is 11.5 Å². The molecule has 2 rings (SSSR count). The summed E-state index contributed by atoms with van der Waals surface area (Å²) in [5, 5.41) is 0. The monoisotopic (exact) mass is 393 g/mol. The molecule has 0 aliphatic heterocycles. The molecule has 0 aliphatic carbocycles. The van der Waals surface area contributed by atoms with Gasteiger partial charge in [0.1, 0.15) is 6.04 Å². The van der Waals surface area contributed by atoms with Crippen LogP contribution in [0.3, 0.4) is 0 Å². The Hall–Kier alpha value is -1.83. The molecule has 5 nitrogen and oxygen atoms in total. The molecule has 0 radical (unpaired) electrons. The second-order valence-electron chi connectivity index (χ2n) is 5.98. The van der Waals surface area contributed by atoms with Crippen LogP contribution in [0.1, 0.15) is 20.8 Å². The molecule has 7 heteroatoms. The number of carbonyl (C=O) groups excluding carboxylic acids is 1. The third-order valence-corrected chi connectivity index (χ3v) is 6.07. The van der Waals surface area contributed by atoms with Crippen LogP contribution in [-0.2, 0) is 19.6 Å². The van der Waals surface area contributed by atoms with E-state index in [1.165, 1.54) is 12.1 Å². The molecule has 0 saturated heterocycles. The van der Waals surface area contributed by atoms with Crippen LogP contribution in [0.15, 0.2) is 69.3 Å². The highest BCUT2D eigenvalue weighted by Crippen LogP contribution is 2.28. The molecule has 0 unspecified atom stereocenters. The Balaban J connectivity index is 2.14. The summed E-state index contributed by atoms with van der Waals surface area (Å²) in [5.41, 5.74) is 0. The first-order chi connectivity index (χ1) is 12.3. The van der Waals surface area contributed by atoms with Crippen LogP contribution >= 0.6 is 11.8 Å². The second-order valence-corrected chi connectivity index (χ2v) is 8.84. The molecule has 0 aliphatic rings. The highest BCUT2D eigenvalue weighted by Gasteiger charge is 2.29. The molecular formula is C19H23NO4S2. The van der Waals surface area contributed by atoms with Gasteiger partial charge in [-0.2, -0.15) is 4.72 Å². The lowest BCUT2D eigenvalue weighted by Gasteiger charge is -2.20. The van der Waals surface area contributed by atoms with E-state index in [2.05, 4.69) is 4.72 Å². The fourth-order valence-electron chi connectivity index (χ4n) is 2.24. The molecule has 0 amide bonds. The van der Waals surface area contributed by atoms with Crippen molar-refractivity contribution in [2.75, 3.05) is 6.61 Å². The molecule has 1 N–H and O–H groups in total. The number of benzene rings is 2. The van der Waals surface area contributed by atoms with Crippen molar-refractivity contribution >= 4 is 27.8 Å². The molecule has 0 saturated carbocycles. The lowest BCUT2D eigenvalue weighted by Crippen LogP contribution is -2.45. The first-order valence-corrected chi connectivity index (χ1v) is 10.7. The lowest BCUT2D eigenvalue weighted by molar-refractivity contribution is -0.146. The molecule has 0 heterocycles. The number of hydrogen-bond acceptors (Lipinski definition) is 5. The van der Waals surface area contributed by atoms with Gasteiger partial charge >= 0.3 is 5.97 Å². The van der Waals surface area contributed by atoms with Gasteiger partial charge in [-0.25, -0.2) is 8.42 Å². The van der Waals surface area contributed by atoms with Crippen molar-refractivity contribution in [1.82, 2.24) is 4.72 Å². The van der Waals surface area contributed by atoms with Crippen molar-refractivity contribution < 1.29 is 17.9 Å². The number of nitrogens with one attached hydrogen (secondary N) is 1. The summed E-state index contributed by atoms with van der Waals surface area (Å²) in [6.45, 7) is 5.43. The summed E-state index contributed by atoms with van der Waals surface area (Å²) in [4.78, 5) is 14.1. The largest absolute Gasteiger partial charge is 0.465 e. The molecule has 2 aromatic carbocycles. The van der Waals surface area contributed by atoms with Crippen LogP contribution in [0.25, 0.3) is 0 Å². The van der Waals surface area contributed by atoms with Crippen molar-refractivity contribution in [2.45, 2.75) is 41.5 Å². The first-order valence-electron chi connectivity index (χ1n) is 8.35. The molecule has 0 fully saturated rings. The van der Waals surface area contributed by atoms with Crippen LogP contribution in [0.5, 0.6) is 0 Å². The maximum Gasteiger partial charge on any atom is 0.324 e. The van der Waals surface area contributed by atoms with Gasteiger partial charge in [-0.3, -0.25) is 4.79 Å². The number of esters is 1. The molecular weight excluding hydrogens is 370 g/mol. The molecule has 1 atom stereocenters. The van der Waals surface area contributed by atoms with Gasteiger partial charge in [0.2, 0.25) is 10.0 Å². The van der Waals surface area contributed by atoms with E-state index in [-0.39, 0.29) is 17.4 Å². The van der Waals surface area contributed by atoms with E-state index in [1.807, 2.05) is 30.3 Å². The first kappa shape index (κ1) is 20.5. The zero-order chi connectivity index (χ0) is 19.2. The van der Waals surface area contributed by atoms with Crippen LogP contribution < -0.4 is 4.72 Å². The number of hydrogen-bond donors (Lipinski definition) is 1. The molecule has 140 valence electrons. The van der Waals surface area contributed by atoms with Gasteiger partial charge in [-0.05, 0) is 49.2 Å². The van der Waals surface area contributed by atoms with Crippen molar-refractivity contribution in [3.05, 3.63) is 54.6 Å². The van der Waals surface area contributed by atoms with Gasteiger partial charge in [0, 0.05) is 9.79 Å². The predicted molar refractivity (Wildman–Crippen MR) is 103 cm³/mol. The van der Waals surface area contributed by atoms with E-state index in [9.17, 15) is 13.2 Å². The minimum atomic E-state index is -3.82. The highest BCUT2D eigenvalue weighted by atomic mass is 32.2. The summed E-state index contributed by atoms with van der Waals surface area (Å²) in [6.07, 6.45) is 0. The summed E-state index contributed by atoms with van der Waals surface area (Å²) in [7, 11) is -3.82. The fraction of sp³-hybridized carbons (Fsp3) is 0.316. The Labute approximate surface area is 159 Å². The Kier molecular flexibility index (Phi) is 7.25. The van der Waals surface area contributed by atoms with E-state index in [0.717, 1.165) is 9.79 Å². The smallest absolute Gasteiger partial charge is 0.324 e. The van der Waals surface area contributed by atoms with Crippen molar-refractivity contribution in [2.24, 2.45) is 5.92 Å². The Morgan fingerprint density at radius 1 is 1.04 bits per heavy atom. The molecule has 26 heavy (non-hydrogen) atoms. The normalized spacial score (nSPS) is 12.8. The van der Waals surface area contributed by atoms with Crippen LogP contribution in [0, 0.1) is 5.92 Å². The molecule has 0 spiro atoms. The third-order valence-electron chi connectivity index (χ3n) is 3.60. The minimum absolute atomic E-state index is 0.116. The van der Waals surface area contributed by atoms with Gasteiger partial charge in [-0.15, -0.1) is 0 Å². The summed E-state index contributed by atoms with van der Waals surface area (Å²) < 4.78 is 32.6. The number of sulfonamides is 1. The van der Waals surface area contributed by atoms with Gasteiger partial charge in [0.25, 0.3) is 0 Å². The van der Waals surface area contributed by atoms with E-state index in [0.29, 0.717) is 0 Å². The Morgan fingerprint density at radius 2 is 1.62 bits per heavy atom. The quantitative estimate of drug-likeness (QED) is 0.692. The molecule has 2 aromatic rings. The van der Waals surface area contributed by atoms with Crippen molar-refractivity contribution in [1.29, 1.82) is 0 Å². The van der Waals surface area contributed by atoms with Crippen LogP contribution in [0.2, 0.25) is 0 Å². The third kappa shape index (κ3) is 5.59. The SMILES string of the molecule is CCOC(=O)[C@H](NS(=O)(=O)c1ccc(Sc2ccccc2)cc1)C(C)C. The Bertz CT molecular complexity index is 818. The van der Waals surface area contributed by atoms with E-state index >= 15 is 0 Å². The Morgan fingerprint density at radius 3 is 2.15 bits per heavy atom. The minimum Gasteiger partial charge on any atom is -0.465 e.